The van der Waals surface area contributed by atoms with E-state index >= 15 is 0 Å². The van der Waals surface area contributed by atoms with E-state index in [2.05, 4.69) is 5.32 Å². The van der Waals surface area contributed by atoms with Gasteiger partial charge in [-0.1, -0.05) is 18.2 Å². The molecule has 112 valence electrons. The van der Waals surface area contributed by atoms with Crippen LogP contribution in [0.1, 0.15) is 15.9 Å². The second kappa shape index (κ2) is 5.18. The Bertz CT molecular complexity index is 935. The van der Waals surface area contributed by atoms with E-state index in [9.17, 15) is 9.59 Å². The van der Waals surface area contributed by atoms with Gasteiger partial charge in [-0.2, -0.15) is 0 Å². The van der Waals surface area contributed by atoms with Crippen LogP contribution in [0.5, 0.6) is 0 Å². The summed E-state index contributed by atoms with van der Waals surface area (Å²) in [6, 6.07) is 12.9. The molecule has 0 aliphatic heterocycles. The number of amides is 1. The monoisotopic (exact) mass is 295 g/mol. The zero-order valence-electron chi connectivity index (χ0n) is 12.8. The number of rotatable bonds is 2. The number of nitrogens with one attached hydrogen (secondary N) is 1. The van der Waals surface area contributed by atoms with Gasteiger partial charge in [0.05, 0.1) is 11.0 Å². The predicted octanol–water partition coefficient (Wildman–Crippen LogP) is 2.44. The maximum Gasteiger partial charge on any atom is 0.328 e. The average Bonchev–Trinajstić information content (AvgIpc) is 2.74. The molecular weight excluding hydrogens is 278 g/mol. The fourth-order valence-corrected chi connectivity index (χ4v) is 2.56. The molecule has 0 saturated carbocycles. The summed E-state index contributed by atoms with van der Waals surface area (Å²) in [4.78, 5) is 24.3. The number of hydrogen-bond acceptors (Lipinski definition) is 2. The van der Waals surface area contributed by atoms with Crippen molar-refractivity contribution in [1.29, 1.82) is 0 Å². The molecule has 22 heavy (non-hydrogen) atoms. The van der Waals surface area contributed by atoms with Crippen molar-refractivity contribution in [2.45, 2.75) is 6.92 Å². The largest absolute Gasteiger partial charge is 0.328 e. The summed E-state index contributed by atoms with van der Waals surface area (Å²) in [6.45, 7) is 1.94. The molecule has 3 rings (SSSR count). The predicted molar refractivity (Wildman–Crippen MR) is 87.3 cm³/mol. The highest BCUT2D eigenvalue weighted by Gasteiger charge is 2.12. The van der Waals surface area contributed by atoms with Gasteiger partial charge in [0.2, 0.25) is 0 Å². The van der Waals surface area contributed by atoms with Gasteiger partial charge in [0, 0.05) is 25.3 Å². The number of aryl methyl sites for hydroxylation is 3. The number of fused-ring (bicyclic) bond motifs is 1. The lowest BCUT2D eigenvalue weighted by atomic mass is 10.1. The van der Waals surface area contributed by atoms with Gasteiger partial charge < -0.3 is 5.32 Å². The van der Waals surface area contributed by atoms with E-state index < -0.39 is 0 Å². The third kappa shape index (κ3) is 2.20. The van der Waals surface area contributed by atoms with E-state index in [4.69, 9.17) is 0 Å². The Morgan fingerprint density at radius 2 is 1.68 bits per heavy atom. The van der Waals surface area contributed by atoms with Crippen LogP contribution >= 0.6 is 0 Å². The van der Waals surface area contributed by atoms with Crippen molar-refractivity contribution in [3.8, 4) is 0 Å². The molecule has 0 radical (unpaired) electrons. The standard InChI is InChI=1S/C17H17N3O2/c1-11-6-4-5-7-13(11)18-16(21)12-8-9-14-15(10-12)20(3)17(22)19(14)2/h4-10H,1-3H3,(H,18,21). The van der Waals surface area contributed by atoms with Crippen molar-refractivity contribution in [1.82, 2.24) is 9.13 Å². The lowest BCUT2D eigenvalue weighted by Gasteiger charge is -2.08. The number of aromatic nitrogens is 2. The normalized spacial score (nSPS) is 10.9. The summed E-state index contributed by atoms with van der Waals surface area (Å²) < 4.78 is 3.11. The summed E-state index contributed by atoms with van der Waals surface area (Å²) in [5.74, 6) is -0.187. The van der Waals surface area contributed by atoms with E-state index in [0.717, 1.165) is 22.3 Å². The molecule has 1 amide bonds. The van der Waals surface area contributed by atoms with Crippen LogP contribution in [0.4, 0.5) is 5.69 Å². The van der Waals surface area contributed by atoms with E-state index in [1.54, 1.807) is 41.4 Å². The number of hydrogen-bond donors (Lipinski definition) is 1. The minimum absolute atomic E-state index is 0.105. The van der Waals surface area contributed by atoms with Crippen molar-refractivity contribution in [2.24, 2.45) is 14.1 Å². The summed E-state index contributed by atoms with van der Waals surface area (Å²) in [5, 5.41) is 2.90. The summed E-state index contributed by atoms with van der Waals surface area (Å²) in [5.41, 5.74) is 3.76. The number of anilines is 1. The first-order valence-electron chi connectivity index (χ1n) is 7.01. The molecule has 0 atom stereocenters. The van der Waals surface area contributed by atoms with Crippen molar-refractivity contribution < 1.29 is 4.79 Å². The Morgan fingerprint density at radius 1 is 1.00 bits per heavy atom. The Hall–Kier alpha value is -2.82. The highest BCUT2D eigenvalue weighted by Crippen LogP contribution is 2.17. The van der Waals surface area contributed by atoms with Crippen LogP contribution < -0.4 is 11.0 Å². The van der Waals surface area contributed by atoms with Crippen molar-refractivity contribution >= 4 is 22.6 Å². The van der Waals surface area contributed by atoms with Gasteiger partial charge in [0.15, 0.2) is 0 Å². The average molecular weight is 295 g/mol. The molecule has 1 N–H and O–H groups in total. The van der Waals surface area contributed by atoms with Gasteiger partial charge >= 0.3 is 5.69 Å². The molecule has 0 aliphatic carbocycles. The molecule has 3 aromatic rings. The number of nitrogens with zero attached hydrogens (tertiary/aromatic N) is 2. The number of para-hydroxylation sites is 1. The van der Waals surface area contributed by atoms with E-state index in [1.807, 2.05) is 31.2 Å². The van der Waals surface area contributed by atoms with Gasteiger partial charge in [-0.25, -0.2) is 4.79 Å². The SMILES string of the molecule is Cc1ccccc1NC(=O)c1ccc2c(c1)n(C)c(=O)n2C. The van der Waals surface area contributed by atoms with Crippen LogP contribution in [0.2, 0.25) is 0 Å². The lowest BCUT2D eigenvalue weighted by molar-refractivity contribution is 0.102. The number of carbonyl (C=O) groups excluding carboxylic acids is 1. The first-order chi connectivity index (χ1) is 10.5. The van der Waals surface area contributed by atoms with E-state index in [1.165, 1.54) is 0 Å². The summed E-state index contributed by atoms with van der Waals surface area (Å²) in [6.07, 6.45) is 0. The second-order valence-corrected chi connectivity index (χ2v) is 5.37. The maximum absolute atomic E-state index is 12.4. The molecule has 0 unspecified atom stereocenters. The van der Waals surface area contributed by atoms with Crippen LogP contribution in [-0.4, -0.2) is 15.0 Å². The highest BCUT2D eigenvalue weighted by atomic mass is 16.2. The topological polar surface area (TPSA) is 56.0 Å². The summed E-state index contributed by atoms with van der Waals surface area (Å²) in [7, 11) is 3.42. The first-order valence-corrected chi connectivity index (χ1v) is 7.01. The van der Waals surface area contributed by atoms with Crippen molar-refractivity contribution in [3.05, 3.63) is 64.1 Å². The molecule has 2 aromatic carbocycles. The molecule has 1 heterocycles. The Balaban J connectivity index is 2.00. The lowest BCUT2D eigenvalue weighted by Crippen LogP contribution is -2.19. The molecule has 0 saturated heterocycles. The number of imidazole rings is 1. The van der Waals surface area contributed by atoms with Crippen LogP contribution in [0.3, 0.4) is 0 Å². The summed E-state index contributed by atoms with van der Waals surface area (Å²) >= 11 is 0. The minimum Gasteiger partial charge on any atom is -0.322 e. The van der Waals surface area contributed by atoms with Crippen molar-refractivity contribution in [3.63, 3.8) is 0 Å². The molecule has 5 nitrogen and oxygen atoms in total. The molecule has 5 heteroatoms. The van der Waals surface area contributed by atoms with Crippen LogP contribution in [0.15, 0.2) is 47.3 Å². The Morgan fingerprint density at radius 3 is 2.41 bits per heavy atom. The Labute approximate surface area is 127 Å². The molecule has 0 bridgehead atoms. The maximum atomic E-state index is 12.4. The van der Waals surface area contributed by atoms with Crippen LogP contribution in [-0.2, 0) is 14.1 Å². The van der Waals surface area contributed by atoms with E-state index in [-0.39, 0.29) is 11.6 Å². The number of benzene rings is 2. The molecule has 0 fully saturated rings. The Kier molecular flexibility index (Phi) is 3.33. The highest BCUT2D eigenvalue weighted by molar-refractivity contribution is 6.06. The fraction of sp³-hybridized carbons (Fsp3) is 0.176. The van der Waals surface area contributed by atoms with Gasteiger partial charge in [-0.05, 0) is 36.8 Å². The quantitative estimate of drug-likeness (QED) is 0.789. The smallest absolute Gasteiger partial charge is 0.322 e. The van der Waals surface area contributed by atoms with Gasteiger partial charge in [-0.3, -0.25) is 13.9 Å². The van der Waals surface area contributed by atoms with Crippen molar-refractivity contribution in [2.75, 3.05) is 5.32 Å². The molecule has 0 spiro atoms. The second-order valence-electron chi connectivity index (χ2n) is 5.37. The molecular formula is C17H17N3O2. The first kappa shape index (κ1) is 14.1. The van der Waals surface area contributed by atoms with Crippen LogP contribution in [0.25, 0.3) is 11.0 Å². The third-order valence-electron chi connectivity index (χ3n) is 3.93. The number of carbonyl (C=O) groups is 1. The van der Waals surface area contributed by atoms with Crippen LogP contribution in [0, 0.1) is 6.92 Å². The zero-order chi connectivity index (χ0) is 15.9. The molecule has 0 aliphatic rings. The van der Waals surface area contributed by atoms with Gasteiger partial charge in [0.25, 0.3) is 5.91 Å². The zero-order valence-corrected chi connectivity index (χ0v) is 12.8. The third-order valence-corrected chi connectivity index (χ3v) is 3.93. The van der Waals surface area contributed by atoms with Gasteiger partial charge in [0.1, 0.15) is 0 Å². The fourth-order valence-electron chi connectivity index (χ4n) is 2.56. The van der Waals surface area contributed by atoms with E-state index in [0.29, 0.717) is 5.56 Å². The van der Waals surface area contributed by atoms with Gasteiger partial charge in [-0.15, -0.1) is 0 Å². The molecule has 1 aromatic heterocycles. The minimum atomic E-state index is -0.187.